The average Bonchev–Trinajstić information content (AvgIpc) is 2.71. The Morgan fingerprint density at radius 3 is 2.67 bits per heavy atom. The molecule has 1 aromatic rings. The summed E-state index contributed by atoms with van der Waals surface area (Å²) >= 11 is 1.64. The van der Waals surface area contributed by atoms with Gasteiger partial charge in [-0.2, -0.15) is 0 Å². The molecule has 15 heavy (non-hydrogen) atoms. The van der Waals surface area contributed by atoms with Crippen molar-refractivity contribution in [3.63, 3.8) is 0 Å². The van der Waals surface area contributed by atoms with Crippen molar-refractivity contribution >= 4 is 16.5 Å². The molecule has 1 aromatic heterocycles. The molecular formula is C11H17N3S. The van der Waals surface area contributed by atoms with Crippen LogP contribution < -0.4 is 5.73 Å². The predicted octanol–water partition coefficient (Wildman–Crippen LogP) is 2.24. The molecule has 2 fully saturated rings. The molecule has 0 aromatic carbocycles. The third-order valence-electron chi connectivity index (χ3n) is 3.76. The molecule has 2 saturated heterocycles. The summed E-state index contributed by atoms with van der Waals surface area (Å²) in [6, 6.07) is 1.68. The molecule has 82 valence electrons. The van der Waals surface area contributed by atoms with E-state index in [1.165, 1.54) is 37.0 Å². The number of piperidine rings is 1. The number of thiazole rings is 1. The molecule has 0 spiro atoms. The Balaban J connectivity index is 1.73. The van der Waals surface area contributed by atoms with Gasteiger partial charge in [-0.1, -0.05) is 6.42 Å². The molecule has 0 radical (unpaired) electrons. The number of nitrogens with zero attached hydrogens (tertiary/aromatic N) is 2. The lowest BCUT2D eigenvalue weighted by molar-refractivity contribution is 0.133. The molecule has 2 aliphatic rings. The normalized spacial score (nSPS) is 30.9. The van der Waals surface area contributed by atoms with E-state index in [-0.39, 0.29) is 0 Å². The summed E-state index contributed by atoms with van der Waals surface area (Å²) < 4.78 is 0. The fraction of sp³-hybridized carbons (Fsp3) is 0.727. The number of rotatable bonds is 2. The third kappa shape index (κ3) is 1.76. The van der Waals surface area contributed by atoms with Crippen LogP contribution in [0.4, 0.5) is 5.13 Å². The number of nitrogen functional groups attached to an aromatic ring is 1. The molecule has 2 N–H and O–H groups in total. The van der Waals surface area contributed by atoms with Gasteiger partial charge in [-0.05, 0) is 25.7 Å². The van der Waals surface area contributed by atoms with Crippen LogP contribution in [0.3, 0.4) is 0 Å². The number of hydrogen-bond donors (Lipinski definition) is 1. The number of aromatic nitrogens is 1. The second-order valence-electron chi connectivity index (χ2n) is 4.65. The van der Waals surface area contributed by atoms with E-state index in [2.05, 4.69) is 9.88 Å². The van der Waals surface area contributed by atoms with Crippen molar-refractivity contribution in [3.8, 4) is 0 Å². The van der Waals surface area contributed by atoms with E-state index in [0.29, 0.717) is 5.13 Å². The van der Waals surface area contributed by atoms with Crippen molar-refractivity contribution < 1.29 is 0 Å². The first-order chi connectivity index (χ1) is 7.33. The van der Waals surface area contributed by atoms with E-state index >= 15 is 0 Å². The van der Waals surface area contributed by atoms with Crippen molar-refractivity contribution in [2.75, 3.05) is 5.73 Å². The average molecular weight is 223 g/mol. The Kier molecular flexibility index (Phi) is 2.41. The summed E-state index contributed by atoms with van der Waals surface area (Å²) in [5, 5.41) is 0.703. The highest BCUT2D eigenvalue weighted by Crippen LogP contribution is 2.37. The zero-order chi connectivity index (χ0) is 10.3. The molecule has 3 rings (SSSR count). The Morgan fingerprint density at radius 1 is 1.33 bits per heavy atom. The first-order valence-electron chi connectivity index (χ1n) is 5.79. The number of nitrogens with two attached hydrogens (primary N) is 1. The monoisotopic (exact) mass is 223 g/mol. The maximum absolute atomic E-state index is 5.66. The Bertz CT molecular complexity index is 333. The van der Waals surface area contributed by atoms with Gasteiger partial charge in [-0.15, -0.1) is 11.3 Å². The Hall–Kier alpha value is -0.610. The van der Waals surface area contributed by atoms with Crippen LogP contribution >= 0.6 is 11.3 Å². The van der Waals surface area contributed by atoms with Crippen molar-refractivity contribution in [2.45, 2.75) is 50.7 Å². The molecule has 2 atom stereocenters. The molecule has 4 heteroatoms. The molecule has 2 unspecified atom stereocenters. The quantitative estimate of drug-likeness (QED) is 0.836. The molecule has 2 aliphatic heterocycles. The third-order valence-corrected chi connectivity index (χ3v) is 4.57. The summed E-state index contributed by atoms with van der Waals surface area (Å²) in [5.74, 6) is 0. The van der Waals surface area contributed by atoms with Crippen LogP contribution in [-0.4, -0.2) is 22.0 Å². The molecule has 0 saturated carbocycles. The van der Waals surface area contributed by atoms with Crippen LogP contribution in [0, 0.1) is 0 Å². The first-order valence-corrected chi connectivity index (χ1v) is 6.60. The largest absolute Gasteiger partial charge is 0.375 e. The van der Waals surface area contributed by atoms with Gasteiger partial charge in [-0.25, -0.2) is 4.98 Å². The fourth-order valence-corrected chi connectivity index (χ4v) is 3.75. The van der Waals surface area contributed by atoms with Crippen LogP contribution in [0.1, 0.15) is 37.0 Å². The van der Waals surface area contributed by atoms with Crippen LogP contribution in [0.2, 0.25) is 0 Å². The number of fused-ring (bicyclic) bond motifs is 2. The first kappa shape index (κ1) is 9.60. The van der Waals surface area contributed by atoms with Gasteiger partial charge in [0.25, 0.3) is 0 Å². The Labute approximate surface area is 94.3 Å². The number of anilines is 1. The standard InChI is InChI=1S/C11H17N3S/c12-11-13-6-10(15-11)7-14-8-2-1-3-9(14)5-4-8/h6,8-9H,1-5,7H2,(H2,12,13). The SMILES string of the molecule is Nc1ncc(CN2C3CCCC2CC3)s1. The Morgan fingerprint density at radius 2 is 2.07 bits per heavy atom. The van der Waals surface area contributed by atoms with Crippen LogP contribution in [0.15, 0.2) is 6.20 Å². The van der Waals surface area contributed by atoms with E-state index < -0.39 is 0 Å². The summed E-state index contributed by atoms with van der Waals surface area (Å²) in [6.07, 6.45) is 8.96. The zero-order valence-corrected chi connectivity index (χ0v) is 9.67. The van der Waals surface area contributed by atoms with Crippen molar-refractivity contribution in [1.29, 1.82) is 0 Å². The second kappa shape index (κ2) is 3.76. The molecule has 3 nitrogen and oxygen atoms in total. The van der Waals surface area contributed by atoms with Crippen LogP contribution in [-0.2, 0) is 6.54 Å². The summed E-state index contributed by atoms with van der Waals surface area (Å²) in [5.41, 5.74) is 5.66. The smallest absolute Gasteiger partial charge is 0.180 e. The van der Waals surface area contributed by atoms with E-state index in [9.17, 15) is 0 Å². The maximum Gasteiger partial charge on any atom is 0.180 e. The topological polar surface area (TPSA) is 42.1 Å². The highest BCUT2D eigenvalue weighted by molar-refractivity contribution is 7.15. The van der Waals surface area contributed by atoms with Gasteiger partial charge in [0.15, 0.2) is 5.13 Å². The van der Waals surface area contributed by atoms with Gasteiger partial charge >= 0.3 is 0 Å². The van der Waals surface area contributed by atoms with E-state index in [0.717, 1.165) is 18.6 Å². The predicted molar refractivity (Wildman–Crippen MR) is 62.7 cm³/mol. The minimum atomic E-state index is 0.703. The van der Waals surface area contributed by atoms with Gasteiger partial charge < -0.3 is 5.73 Å². The van der Waals surface area contributed by atoms with Crippen molar-refractivity contribution in [2.24, 2.45) is 0 Å². The maximum atomic E-state index is 5.66. The van der Waals surface area contributed by atoms with Crippen LogP contribution in [0.25, 0.3) is 0 Å². The fourth-order valence-electron chi connectivity index (χ4n) is 3.06. The summed E-state index contributed by atoms with van der Waals surface area (Å²) in [7, 11) is 0. The summed E-state index contributed by atoms with van der Waals surface area (Å²) in [6.45, 7) is 1.07. The van der Waals surface area contributed by atoms with Gasteiger partial charge in [0.1, 0.15) is 0 Å². The van der Waals surface area contributed by atoms with E-state index in [1.54, 1.807) is 11.3 Å². The highest BCUT2D eigenvalue weighted by Gasteiger charge is 2.36. The minimum Gasteiger partial charge on any atom is -0.375 e. The highest BCUT2D eigenvalue weighted by atomic mass is 32.1. The molecular weight excluding hydrogens is 206 g/mol. The summed E-state index contributed by atoms with van der Waals surface area (Å²) in [4.78, 5) is 8.12. The lowest BCUT2D eigenvalue weighted by Crippen LogP contribution is -2.38. The molecule has 0 amide bonds. The van der Waals surface area contributed by atoms with Gasteiger partial charge in [0, 0.05) is 29.7 Å². The van der Waals surface area contributed by atoms with Gasteiger partial charge in [-0.3, -0.25) is 4.90 Å². The van der Waals surface area contributed by atoms with Gasteiger partial charge in [0.2, 0.25) is 0 Å². The number of hydrogen-bond acceptors (Lipinski definition) is 4. The van der Waals surface area contributed by atoms with E-state index in [1.807, 2.05) is 6.20 Å². The zero-order valence-electron chi connectivity index (χ0n) is 8.85. The van der Waals surface area contributed by atoms with Crippen LogP contribution in [0.5, 0.6) is 0 Å². The molecule has 2 bridgehead atoms. The van der Waals surface area contributed by atoms with Crippen molar-refractivity contribution in [3.05, 3.63) is 11.1 Å². The lowest BCUT2D eigenvalue weighted by atomic mass is 10.0. The minimum absolute atomic E-state index is 0.703. The van der Waals surface area contributed by atoms with E-state index in [4.69, 9.17) is 5.73 Å². The molecule has 0 aliphatic carbocycles. The second-order valence-corrected chi connectivity index (χ2v) is 5.80. The lowest BCUT2D eigenvalue weighted by Gasteiger charge is -2.34. The molecule has 3 heterocycles. The van der Waals surface area contributed by atoms with Crippen molar-refractivity contribution in [1.82, 2.24) is 9.88 Å². The van der Waals surface area contributed by atoms with Gasteiger partial charge in [0.05, 0.1) is 0 Å².